The fraction of sp³-hybridized carbons (Fsp3) is 0.579. The molecule has 1 fully saturated rings. The van der Waals surface area contributed by atoms with Crippen LogP contribution in [0.25, 0.3) is 0 Å². The van der Waals surface area contributed by atoms with Crippen LogP contribution < -0.4 is 10.6 Å². The highest BCUT2D eigenvalue weighted by Gasteiger charge is 2.10. The normalized spacial score (nSPS) is 14.9. The van der Waals surface area contributed by atoms with Gasteiger partial charge in [0, 0.05) is 38.8 Å². The Hall–Kier alpha value is -1.10. The van der Waals surface area contributed by atoms with Crippen LogP contribution in [0.2, 0.25) is 5.02 Å². The first-order valence-corrected chi connectivity index (χ1v) is 9.69. The molecular weight excluding hydrogens is 493 g/mol. The lowest BCUT2D eigenvalue weighted by molar-refractivity contribution is -0.127. The average molecular weight is 524 g/mol. The van der Waals surface area contributed by atoms with Crippen LogP contribution in [-0.4, -0.2) is 81.7 Å². The Labute approximate surface area is 189 Å². The van der Waals surface area contributed by atoms with Gasteiger partial charge in [-0.25, -0.2) is 4.99 Å². The van der Waals surface area contributed by atoms with Crippen LogP contribution in [0.4, 0.5) is 0 Å². The molecule has 0 aromatic heterocycles. The molecule has 1 saturated heterocycles. The molecule has 1 amide bonds. The molecule has 1 heterocycles. The smallest absolute Gasteiger partial charge is 0.241 e. The van der Waals surface area contributed by atoms with Crippen LogP contribution in [0.1, 0.15) is 12.0 Å². The molecule has 1 aromatic rings. The number of amides is 1. The van der Waals surface area contributed by atoms with Gasteiger partial charge >= 0.3 is 0 Å². The van der Waals surface area contributed by atoms with E-state index in [4.69, 9.17) is 16.3 Å². The average Bonchev–Trinajstić information content (AvgIpc) is 2.68. The van der Waals surface area contributed by atoms with Gasteiger partial charge in [-0.2, -0.15) is 0 Å². The van der Waals surface area contributed by atoms with Crippen LogP contribution in [-0.2, 0) is 16.1 Å². The van der Waals surface area contributed by atoms with Gasteiger partial charge in [-0.15, -0.1) is 24.0 Å². The van der Waals surface area contributed by atoms with Crippen molar-refractivity contribution in [3.63, 3.8) is 0 Å². The van der Waals surface area contributed by atoms with E-state index in [2.05, 4.69) is 20.5 Å². The minimum atomic E-state index is 0. The van der Waals surface area contributed by atoms with Crippen molar-refractivity contribution in [2.24, 2.45) is 4.99 Å². The maximum Gasteiger partial charge on any atom is 0.241 e. The van der Waals surface area contributed by atoms with Crippen molar-refractivity contribution in [2.75, 3.05) is 60.0 Å². The van der Waals surface area contributed by atoms with Crippen molar-refractivity contribution in [3.8, 4) is 0 Å². The summed E-state index contributed by atoms with van der Waals surface area (Å²) in [7, 11) is 3.48. The van der Waals surface area contributed by atoms with Crippen molar-refractivity contribution < 1.29 is 9.53 Å². The third-order valence-corrected chi connectivity index (χ3v) is 4.54. The Kier molecular flexibility index (Phi) is 12.4. The SMILES string of the molecule is CN(C)C(=O)CNC(=NCc1ccc(Cl)cc1)NCCCN1CCOCC1.I. The molecule has 0 saturated carbocycles. The lowest BCUT2D eigenvalue weighted by Crippen LogP contribution is -2.44. The molecule has 9 heteroatoms. The summed E-state index contributed by atoms with van der Waals surface area (Å²) >= 11 is 5.92. The van der Waals surface area contributed by atoms with E-state index >= 15 is 0 Å². The summed E-state index contributed by atoms with van der Waals surface area (Å²) < 4.78 is 5.37. The number of likely N-dealkylation sites (N-methyl/N-ethyl adjacent to an activating group) is 1. The molecule has 0 aliphatic carbocycles. The fourth-order valence-electron chi connectivity index (χ4n) is 2.59. The van der Waals surface area contributed by atoms with Crippen molar-refractivity contribution in [3.05, 3.63) is 34.9 Å². The number of hydrogen-bond donors (Lipinski definition) is 2. The lowest BCUT2D eigenvalue weighted by Gasteiger charge is -2.26. The zero-order chi connectivity index (χ0) is 19.5. The number of benzene rings is 1. The third-order valence-electron chi connectivity index (χ3n) is 4.29. The predicted octanol–water partition coefficient (Wildman–Crippen LogP) is 1.80. The van der Waals surface area contributed by atoms with Crippen LogP contribution in [0.5, 0.6) is 0 Å². The van der Waals surface area contributed by atoms with Gasteiger partial charge in [0.05, 0.1) is 26.3 Å². The molecule has 1 aliphatic rings. The van der Waals surface area contributed by atoms with E-state index in [9.17, 15) is 4.79 Å². The van der Waals surface area contributed by atoms with Crippen LogP contribution in [0, 0.1) is 0 Å². The van der Waals surface area contributed by atoms with Gasteiger partial charge < -0.3 is 20.3 Å². The minimum absolute atomic E-state index is 0. The summed E-state index contributed by atoms with van der Waals surface area (Å²) in [6, 6.07) is 7.61. The number of aliphatic imine (C=N–C) groups is 1. The molecule has 7 nitrogen and oxygen atoms in total. The molecule has 0 radical (unpaired) electrons. The third kappa shape index (κ3) is 9.90. The number of halogens is 2. The van der Waals surface area contributed by atoms with Crippen molar-refractivity contribution >= 4 is 47.4 Å². The molecule has 0 spiro atoms. The Morgan fingerprint density at radius 1 is 1.21 bits per heavy atom. The van der Waals surface area contributed by atoms with E-state index in [1.54, 1.807) is 19.0 Å². The van der Waals surface area contributed by atoms with E-state index in [1.807, 2.05) is 24.3 Å². The molecule has 28 heavy (non-hydrogen) atoms. The number of carbonyl (C=O) groups excluding carboxylic acids is 1. The molecule has 2 N–H and O–H groups in total. The Morgan fingerprint density at radius 2 is 1.89 bits per heavy atom. The minimum Gasteiger partial charge on any atom is -0.379 e. The molecule has 0 atom stereocenters. The summed E-state index contributed by atoms with van der Waals surface area (Å²) in [6.07, 6.45) is 1.00. The van der Waals surface area contributed by atoms with Gasteiger partial charge in [0.25, 0.3) is 0 Å². The molecule has 2 rings (SSSR count). The van der Waals surface area contributed by atoms with Crippen LogP contribution >= 0.6 is 35.6 Å². The number of guanidine groups is 1. The highest BCUT2D eigenvalue weighted by molar-refractivity contribution is 14.0. The van der Waals surface area contributed by atoms with Gasteiger partial charge in [0.1, 0.15) is 0 Å². The Balaban J connectivity index is 0.00000392. The first-order chi connectivity index (χ1) is 13.0. The largest absolute Gasteiger partial charge is 0.379 e. The lowest BCUT2D eigenvalue weighted by atomic mass is 10.2. The van der Waals surface area contributed by atoms with Crippen molar-refractivity contribution in [2.45, 2.75) is 13.0 Å². The summed E-state index contributed by atoms with van der Waals surface area (Å²) in [5, 5.41) is 7.14. The molecule has 158 valence electrons. The second-order valence-corrected chi connectivity index (χ2v) is 7.10. The summed E-state index contributed by atoms with van der Waals surface area (Å²) in [4.78, 5) is 20.4. The highest BCUT2D eigenvalue weighted by Crippen LogP contribution is 2.10. The first kappa shape index (κ1) is 24.9. The maximum atomic E-state index is 11.8. The number of ether oxygens (including phenoxy) is 1. The number of rotatable bonds is 8. The van der Waals surface area contributed by atoms with Gasteiger partial charge in [-0.1, -0.05) is 23.7 Å². The second-order valence-electron chi connectivity index (χ2n) is 6.67. The Bertz CT molecular complexity index is 607. The molecular formula is C19H31ClIN5O2. The van der Waals surface area contributed by atoms with E-state index < -0.39 is 0 Å². The van der Waals surface area contributed by atoms with E-state index in [-0.39, 0.29) is 36.4 Å². The van der Waals surface area contributed by atoms with Gasteiger partial charge in [0.15, 0.2) is 5.96 Å². The monoisotopic (exact) mass is 523 g/mol. The van der Waals surface area contributed by atoms with E-state index in [0.29, 0.717) is 17.5 Å². The Morgan fingerprint density at radius 3 is 2.54 bits per heavy atom. The number of morpholine rings is 1. The number of nitrogens with zero attached hydrogens (tertiary/aromatic N) is 3. The number of nitrogens with one attached hydrogen (secondary N) is 2. The van der Waals surface area contributed by atoms with Gasteiger partial charge in [-0.3, -0.25) is 9.69 Å². The first-order valence-electron chi connectivity index (χ1n) is 9.31. The zero-order valence-electron chi connectivity index (χ0n) is 16.6. The summed E-state index contributed by atoms with van der Waals surface area (Å²) in [6.45, 7) is 6.16. The molecule has 1 aliphatic heterocycles. The van der Waals surface area contributed by atoms with E-state index in [1.165, 1.54) is 0 Å². The zero-order valence-corrected chi connectivity index (χ0v) is 19.7. The van der Waals surface area contributed by atoms with E-state index in [0.717, 1.165) is 51.4 Å². The molecule has 1 aromatic carbocycles. The van der Waals surface area contributed by atoms with Crippen LogP contribution in [0.15, 0.2) is 29.3 Å². The fourth-order valence-corrected chi connectivity index (χ4v) is 2.71. The van der Waals surface area contributed by atoms with Gasteiger partial charge in [0.2, 0.25) is 5.91 Å². The second kappa shape index (κ2) is 14.0. The summed E-state index contributed by atoms with van der Waals surface area (Å²) in [5.41, 5.74) is 1.06. The van der Waals surface area contributed by atoms with Crippen LogP contribution in [0.3, 0.4) is 0 Å². The predicted molar refractivity (Wildman–Crippen MR) is 125 cm³/mol. The topological polar surface area (TPSA) is 69.2 Å². The summed E-state index contributed by atoms with van der Waals surface area (Å²) in [5.74, 6) is 0.645. The van der Waals surface area contributed by atoms with Gasteiger partial charge in [-0.05, 0) is 30.7 Å². The number of hydrogen-bond acceptors (Lipinski definition) is 4. The number of carbonyl (C=O) groups is 1. The molecule has 0 bridgehead atoms. The molecule has 0 unspecified atom stereocenters. The van der Waals surface area contributed by atoms with Crippen molar-refractivity contribution in [1.29, 1.82) is 0 Å². The van der Waals surface area contributed by atoms with Crippen molar-refractivity contribution in [1.82, 2.24) is 20.4 Å². The maximum absolute atomic E-state index is 11.8. The quantitative estimate of drug-likeness (QED) is 0.235. The highest BCUT2D eigenvalue weighted by atomic mass is 127. The standard InChI is InChI=1S/C19H30ClN5O2.HI/c1-24(2)18(26)15-23-19(22-14-16-4-6-17(20)7-5-16)21-8-3-9-25-10-12-27-13-11-25;/h4-7H,3,8-15H2,1-2H3,(H2,21,22,23);1H.